The van der Waals surface area contributed by atoms with Gasteiger partial charge in [-0.1, -0.05) is 0 Å². The van der Waals surface area contributed by atoms with Crippen LogP contribution in [0.3, 0.4) is 0 Å². The second-order valence-electron chi connectivity index (χ2n) is 3.77. The van der Waals surface area contributed by atoms with Gasteiger partial charge in [-0.3, -0.25) is 4.79 Å². The molecule has 1 saturated heterocycles. The molecule has 1 heterocycles. The van der Waals surface area contributed by atoms with Gasteiger partial charge >= 0.3 is 0 Å². The lowest BCUT2D eigenvalue weighted by atomic mass is 9.93. The van der Waals surface area contributed by atoms with Gasteiger partial charge in [0.15, 0.2) is 0 Å². The molecular weight excluding hydrogens is 202 g/mol. The van der Waals surface area contributed by atoms with Crippen molar-refractivity contribution in [3.8, 4) is 0 Å². The first kappa shape index (κ1) is 12.4. The van der Waals surface area contributed by atoms with Crippen LogP contribution in [0.1, 0.15) is 13.8 Å². The van der Waals surface area contributed by atoms with Gasteiger partial charge < -0.3 is 25.4 Å². The number of hydrogen-bond acceptors (Lipinski definition) is 5. The van der Waals surface area contributed by atoms with Gasteiger partial charge in [0.1, 0.15) is 18.3 Å². The van der Waals surface area contributed by atoms with E-state index in [2.05, 4.69) is 5.32 Å². The fourth-order valence-corrected chi connectivity index (χ4v) is 1.74. The largest absolute Gasteiger partial charge is 0.394 e. The first-order valence-electron chi connectivity index (χ1n) is 4.87. The summed E-state index contributed by atoms with van der Waals surface area (Å²) >= 11 is 0. The lowest BCUT2D eigenvalue weighted by Crippen LogP contribution is -2.63. The average molecular weight is 219 g/mol. The van der Waals surface area contributed by atoms with E-state index in [-0.39, 0.29) is 12.5 Å². The standard InChI is InChI=1S/C9H17NO5/c1-4-7(10-5(2)12)9(14)8(13)6(3-11)15-4/h4,6-9,11,13-14H,3H2,1-2H3,(H,10,12)/t4-,6?,7?,8+,9-/m1/s1. The van der Waals surface area contributed by atoms with Crippen molar-refractivity contribution in [1.29, 1.82) is 0 Å². The van der Waals surface area contributed by atoms with Gasteiger partial charge in [0.05, 0.1) is 18.8 Å². The molecule has 0 aromatic rings. The van der Waals surface area contributed by atoms with E-state index in [1.54, 1.807) is 6.92 Å². The van der Waals surface area contributed by atoms with Crippen molar-refractivity contribution < 1.29 is 24.9 Å². The monoisotopic (exact) mass is 219 g/mol. The van der Waals surface area contributed by atoms with Gasteiger partial charge in [0, 0.05) is 6.92 Å². The normalized spacial score (nSPS) is 41.3. The van der Waals surface area contributed by atoms with E-state index in [1.807, 2.05) is 0 Å². The predicted octanol–water partition coefficient (Wildman–Crippen LogP) is -2.01. The lowest BCUT2D eigenvalue weighted by Gasteiger charge is -2.41. The van der Waals surface area contributed by atoms with E-state index in [1.165, 1.54) is 6.92 Å². The quantitative estimate of drug-likeness (QED) is 0.430. The Kier molecular flexibility index (Phi) is 4.04. The van der Waals surface area contributed by atoms with Crippen molar-refractivity contribution in [2.75, 3.05) is 6.61 Å². The molecule has 1 fully saturated rings. The van der Waals surface area contributed by atoms with Gasteiger partial charge in [-0.15, -0.1) is 0 Å². The zero-order chi connectivity index (χ0) is 11.6. The van der Waals surface area contributed by atoms with Crippen molar-refractivity contribution in [2.45, 2.75) is 44.3 Å². The lowest BCUT2D eigenvalue weighted by molar-refractivity contribution is -0.190. The van der Waals surface area contributed by atoms with E-state index in [4.69, 9.17) is 9.84 Å². The van der Waals surface area contributed by atoms with Gasteiger partial charge in [0.2, 0.25) is 5.91 Å². The number of carbonyl (C=O) groups is 1. The molecular formula is C9H17NO5. The summed E-state index contributed by atoms with van der Waals surface area (Å²) in [6, 6.07) is -0.653. The zero-order valence-electron chi connectivity index (χ0n) is 8.75. The first-order chi connectivity index (χ1) is 6.97. The van der Waals surface area contributed by atoms with Gasteiger partial charge in [-0.05, 0) is 6.92 Å². The fraction of sp³-hybridized carbons (Fsp3) is 0.889. The van der Waals surface area contributed by atoms with Crippen molar-refractivity contribution >= 4 is 5.91 Å². The van der Waals surface area contributed by atoms with Crippen molar-refractivity contribution in [1.82, 2.24) is 5.32 Å². The van der Waals surface area contributed by atoms with E-state index >= 15 is 0 Å². The molecule has 0 bridgehead atoms. The molecule has 2 unspecified atom stereocenters. The second-order valence-corrected chi connectivity index (χ2v) is 3.77. The molecule has 0 aliphatic carbocycles. The summed E-state index contributed by atoms with van der Waals surface area (Å²) in [5.41, 5.74) is 0. The van der Waals surface area contributed by atoms with Crippen LogP contribution in [0.5, 0.6) is 0 Å². The molecule has 1 amide bonds. The second kappa shape index (κ2) is 4.89. The third kappa shape index (κ3) is 2.66. The number of hydrogen-bond donors (Lipinski definition) is 4. The number of rotatable bonds is 2. The smallest absolute Gasteiger partial charge is 0.217 e. The third-order valence-electron chi connectivity index (χ3n) is 2.54. The number of ether oxygens (including phenoxy) is 1. The molecule has 1 aliphatic heterocycles. The highest BCUT2D eigenvalue weighted by molar-refractivity contribution is 5.73. The summed E-state index contributed by atoms with van der Waals surface area (Å²) in [5.74, 6) is -0.302. The van der Waals surface area contributed by atoms with Crippen molar-refractivity contribution in [2.24, 2.45) is 0 Å². The van der Waals surface area contributed by atoms with Crippen LogP contribution in [-0.4, -0.2) is 58.3 Å². The minimum atomic E-state index is -1.19. The Morgan fingerprint density at radius 2 is 2.00 bits per heavy atom. The number of amides is 1. The summed E-state index contributed by atoms with van der Waals surface area (Å²) in [7, 11) is 0. The molecule has 6 heteroatoms. The van der Waals surface area contributed by atoms with Crippen LogP contribution >= 0.6 is 0 Å². The maximum atomic E-state index is 10.9. The molecule has 0 spiro atoms. The van der Waals surface area contributed by atoms with Crippen LogP contribution < -0.4 is 5.32 Å². The average Bonchev–Trinajstić information content (AvgIpc) is 2.18. The zero-order valence-corrected chi connectivity index (χ0v) is 8.75. The summed E-state index contributed by atoms with van der Waals surface area (Å²) < 4.78 is 5.26. The molecule has 1 aliphatic rings. The van der Waals surface area contributed by atoms with Crippen molar-refractivity contribution in [3.05, 3.63) is 0 Å². The minimum Gasteiger partial charge on any atom is -0.394 e. The van der Waals surface area contributed by atoms with Gasteiger partial charge in [0.25, 0.3) is 0 Å². The Balaban J connectivity index is 2.70. The molecule has 5 atom stereocenters. The third-order valence-corrected chi connectivity index (χ3v) is 2.54. The van der Waals surface area contributed by atoms with Gasteiger partial charge in [-0.25, -0.2) is 0 Å². The Labute approximate surface area is 87.9 Å². The van der Waals surface area contributed by atoms with Gasteiger partial charge in [-0.2, -0.15) is 0 Å². The highest BCUT2D eigenvalue weighted by atomic mass is 16.5. The molecule has 4 N–H and O–H groups in total. The van der Waals surface area contributed by atoms with Crippen molar-refractivity contribution in [3.63, 3.8) is 0 Å². The highest BCUT2D eigenvalue weighted by Gasteiger charge is 2.42. The van der Waals surface area contributed by atoms with Crippen LogP contribution in [0.4, 0.5) is 0 Å². The summed E-state index contributed by atoms with van der Waals surface area (Å²) in [6.07, 6.45) is -3.58. The van der Waals surface area contributed by atoms with E-state index in [0.717, 1.165) is 0 Å². The Bertz CT molecular complexity index is 235. The molecule has 1 rings (SSSR count). The topological polar surface area (TPSA) is 99.0 Å². The van der Waals surface area contributed by atoms with E-state index < -0.39 is 30.5 Å². The summed E-state index contributed by atoms with van der Waals surface area (Å²) in [4.78, 5) is 10.9. The fourth-order valence-electron chi connectivity index (χ4n) is 1.74. The number of aliphatic hydroxyl groups is 3. The number of carbonyl (C=O) groups excluding carboxylic acids is 1. The number of nitrogens with one attached hydrogen (secondary N) is 1. The van der Waals surface area contributed by atoms with Crippen LogP contribution in [0.25, 0.3) is 0 Å². The van der Waals surface area contributed by atoms with Crippen LogP contribution in [-0.2, 0) is 9.53 Å². The molecule has 0 aromatic heterocycles. The molecule has 6 nitrogen and oxygen atoms in total. The molecule has 15 heavy (non-hydrogen) atoms. The molecule has 88 valence electrons. The Morgan fingerprint density at radius 1 is 1.40 bits per heavy atom. The maximum absolute atomic E-state index is 10.9. The van der Waals surface area contributed by atoms with E-state index in [9.17, 15) is 15.0 Å². The minimum absolute atomic E-state index is 0.302. The Morgan fingerprint density at radius 3 is 2.47 bits per heavy atom. The molecule has 0 radical (unpaired) electrons. The van der Waals surface area contributed by atoms with Crippen LogP contribution in [0, 0.1) is 0 Å². The maximum Gasteiger partial charge on any atom is 0.217 e. The summed E-state index contributed by atoms with van der Waals surface area (Å²) in [5, 5.41) is 30.6. The molecule has 0 saturated carbocycles. The molecule has 0 aromatic carbocycles. The Hall–Kier alpha value is -0.690. The number of aliphatic hydroxyl groups excluding tert-OH is 3. The van der Waals surface area contributed by atoms with Crippen LogP contribution in [0.2, 0.25) is 0 Å². The summed E-state index contributed by atoms with van der Waals surface area (Å²) in [6.45, 7) is 2.62. The van der Waals surface area contributed by atoms with Crippen LogP contribution in [0.15, 0.2) is 0 Å². The predicted molar refractivity (Wildman–Crippen MR) is 51.0 cm³/mol. The SMILES string of the molecule is CC(=O)NC1[C@@H](O)[C@@H](O)C(CO)O[C@@H]1C. The van der Waals surface area contributed by atoms with E-state index in [0.29, 0.717) is 0 Å². The highest BCUT2D eigenvalue weighted by Crippen LogP contribution is 2.20. The first-order valence-corrected chi connectivity index (χ1v) is 4.87.